The van der Waals surface area contributed by atoms with Gasteiger partial charge in [0.15, 0.2) is 0 Å². The summed E-state index contributed by atoms with van der Waals surface area (Å²) in [6, 6.07) is 0.894. The van der Waals surface area contributed by atoms with Crippen LogP contribution in [0.2, 0.25) is 0 Å². The molecule has 1 unspecified atom stereocenters. The van der Waals surface area contributed by atoms with Gasteiger partial charge in [-0.3, -0.25) is 30.3 Å². The minimum Gasteiger partial charge on any atom is -0.497 e. The molecular formula is C16H26N4O8. The molecule has 0 radical (unpaired) electrons. The van der Waals surface area contributed by atoms with Gasteiger partial charge in [-0.1, -0.05) is 33.1 Å². The van der Waals surface area contributed by atoms with E-state index in [1.165, 1.54) is 25.7 Å². The van der Waals surface area contributed by atoms with Gasteiger partial charge in [0.25, 0.3) is 11.4 Å². The zero-order chi connectivity index (χ0) is 21.7. The van der Waals surface area contributed by atoms with E-state index in [0.717, 1.165) is 19.0 Å². The first kappa shape index (κ1) is 25.1. The van der Waals surface area contributed by atoms with Crippen LogP contribution in [0.3, 0.4) is 0 Å². The highest BCUT2D eigenvalue weighted by Gasteiger charge is 2.30. The number of nitro benzene ring substituents is 3. The van der Waals surface area contributed by atoms with Crippen LogP contribution in [0.1, 0.15) is 39.5 Å². The molecule has 1 rings (SSSR count). The van der Waals surface area contributed by atoms with E-state index >= 15 is 0 Å². The Hall–Kier alpha value is -2.86. The Balaban J connectivity index is 0.000000546. The molecule has 28 heavy (non-hydrogen) atoms. The van der Waals surface area contributed by atoms with Crippen LogP contribution in [-0.4, -0.2) is 44.7 Å². The molecule has 0 aliphatic rings. The first-order chi connectivity index (χ1) is 13.2. The quantitative estimate of drug-likeness (QED) is 0.284. The fourth-order valence-electron chi connectivity index (χ4n) is 2.30. The van der Waals surface area contributed by atoms with Crippen molar-refractivity contribution in [2.24, 2.45) is 5.92 Å². The number of non-ortho nitro benzene ring substituents is 1. The smallest absolute Gasteiger partial charge is 0.324 e. The Labute approximate surface area is 161 Å². The predicted molar refractivity (Wildman–Crippen MR) is 101 cm³/mol. The van der Waals surface area contributed by atoms with Gasteiger partial charge in [-0.15, -0.1) is 0 Å². The molecule has 0 aliphatic heterocycles. The van der Waals surface area contributed by atoms with Crippen LogP contribution in [0.15, 0.2) is 12.1 Å². The van der Waals surface area contributed by atoms with E-state index in [4.69, 9.17) is 10.2 Å². The van der Waals surface area contributed by atoms with Gasteiger partial charge in [-0.25, -0.2) is 0 Å². The van der Waals surface area contributed by atoms with Gasteiger partial charge in [0.05, 0.1) is 33.5 Å². The summed E-state index contributed by atoms with van der Waals surface area (Å²) in [6.45, 7) is 6.53. The average Bonchev–Trinajstić information content (AvgIpc) is 2.64. The number of rotatable bonds is 11. The van der Waals surface area contributed by atoms with Crippen LogP contribution < -0.4 is 5.32 Å². The van der Waals surface area contributed by atoms with E-state index in [1.54, 1.807) is 0 Å². The van der Waals surface area contributed by atoms with Crippen molar-refractivity contribution in [1.82, 2.24) is 5.32 Å². The zero-order valence-corrected chi connectivity index (χ0v) is 15.9. The molecule has 1 aromatic rings. The van der Waals surface area contributed by atoms with Gasteiger partial charge in [0.1, 0.15) is 0 Å². The third kappa shape index (κ3) is 8.68. The third-order valence-electron chi connectivity index (χ3n) is 3.92. The Morgan fingerprint density at radius 3 is 1.93 bits per heavy atom. The van der Waals surface area contributed by atoms with Crippen LogP contribution in [0.25, 0.3) is 0 Å². The lowest BCUT2D eigenvalue weighted by Gasteiger charge is -2.14. The molecule has 0 aliphatic carbocycles. The molecule has 0 fully saturated rings. The Morgan fingerprint density at radius 2 is 1.57 bits per heavy atom. The van der Waals surface area contributed by atoms with Crippen LogP contribution in [0, 0.1) is 36.3 Å². The second-order valence-electron chi connectivity index (χ2n) is 5.95. The molecule has 158 valence electrons. The lowest BCUT2D eigenvalue weighted by atomic mass is 9.99. The summed E-state index contributed by atoms with van der Waals surface area (Å²) in [5.74, 6) is -0.405. The van der Waals surface area contributed by atoms with Crippen LogP contribution in [-0.2, 0) is 0 Å². The lowest BCUT2D eigenvalue weighted by Crippen LogP contribution is -2.25. The van der Waals surface area contributed by atoms with Crippen molar-refractivity contribution >= 4 is 17.1 Å². The van der Waals surface area contributed by atoms with Gasteiger partial charge >= 0.3 is 11.4 Å². The third-order valence-corrected chi connectivity index (χ3v) is 3.92. The van der Waals surface area contributed by atoms with Gasteiger partial charge in [0, 0.05) is 6.54 Å². The van der Waals surface area contributed by atoms with Crippen molar-refractivity contribution in [3.63, 3.8) is 0 Å². The molecule has 12 nitrogen and oxygen atoms in total. The molecule has 0 bridgehead atoms. The highest BCUT2D eigenvalue weighted by Crippen LogP contribution is 2.38. The zero-order valence-electron chi connectivity index (χ0n) is 15.9. The van der Waals surface area contributed by atoms with Crippen molar-refractivity contribution in [2.45, 2.75) is 39.5 Å². The highest BCUT2D eigenvalue weighted by atomic mass is 16.6. The first-order valence-electron chi connectivity index (χ1n) is 8.81. The number of aromatic hydroxyl groups is 1. The van der Waals surface area contributed by atoms with E-state index in [0.29, 0.717) is 12.1 Å². The Morgan fingerprint density at radius 1 is 1.04 bits per heavy atom. The molecule has 0 saturated heterocycles. The number of aliphatic hydroxyl groups is 1. The maximum atomic E-state index is 10.4. The predicted octanol–water partition coefficient (Wildman–Crippen LogP) is 2.90. The molecular weight excluding hydrogens is 376 g/mol. The number of unbranched alkanes of at least 4 members (excludes halogenated alkanes) is 1. The molecule has 1 aromatic carbocycles. The molecule has 12 heteroatoms. The Bertz CT molecular complexity index is 633. The van der Waals surface area contributed by atoms with Crippen molar-refractivity contribution in [2.75, 3.05) is 19.7 Å². The van der Waals surface area contributed by atoms with Crippen LogP contribution in [0.4, 0.5) is 17.1 Å². The van der Waals surface area contributed by atoms with E-state index in [1.807, 2.05) is 0 Å². The second-order valence-corrected chi connectivity index (χ2v) is 5.95. The molecule has 1 atom stereocenters. The summed E-state index contributed by atoms with van der Waals surface area (Å²) in [4.78, 5) is 27.8. The molecule has 0 heterocycles. The number of phenols is 1. The van der Waals surface area contributed by atoms with Crippen molar-refractivity contribution in [1.29, 1.82) is 0 Å². The normalized spacial score (nSPS) is 11.2. The molecule has 0 spiro atoms. The van der Waals surface area contributed by atoms with E-state index in [2.05, 4.69) is 19.2 Å². The van der Waals surface area contributed by atoms with Crippen LogP contribution >= 0.6 is 0 Å². The molecule has 0 amide bonds. The number of hydrogen-bond donors (Lipinski definition) is 3. The maximum absolute atomic E-state index is 10.4. The summed E-state index contributed by atoms with van der Waals surface area (Å²) in [6.07, 6.45) is 5.19. The largest absolute Gasteiger partial charge is 0.497 e. The number of nitrogens with zero attached hydrogens (tertiary/aromatic N) is 3. The highest BCUT2D eigenvalue weighted by molar-refractivity contribution is 5.64. The number of nitrogens with one attached hydrogen (secondary N) is 1. The average molecular weight is 402 g/mol. The summed E-state index contributed by atoms with van der Waals surface area (Å²) in [7, 11) is 0. The van der Waals surface area contributed by atoms with Gasteiger partial charge in [0.2, 0.25) is 0 Å². The van der Waals surface area contributed by atoms with Gasteiger partial charge in [-0.05, 0) is 18.9 Å². The van der Waals surface area contributed by atoms with Crippen molar-refractivity contribution in [3.05, 3.63) is 42.5 Å². The topological polar surface area (TPSA) is 182 Å². The summed E-state index contributed by atoms with van der Waals surface area (Å²) < 4.78 is 0. The SMILES string of the molecule is CCCCC(CC)CNCCO.O=[N+]([O-])c1cc([N+](=O)[O-])c(O)c([N+](=O)[O-])c1. The maximum Gasteiger partial charge on any atom is 0.324 e. The monoisotopic (exact) mass is 402 g/mol. The van der Waals surface area contributed by atoms with Gasteiger partial charge < -0.3 is 15.5 Å². The van der Waals surface area contributed by atoms with E-state index in [-0.39, 0.29) is 6.61 Å². The number of phenolic OH excluding ortho intramolecular Hbond substituents is 1. The minimum absolute atomic E-state index is 0.254. The fourth-order valence-corrected chi connectivity index (χ4v) is 2.30. The van der Waals surface area contributed by atoms with E-state index in [9.17, 15) is 30.3 Å². The number of hydrogen-bond acceptors (Lipinski definition) is 9. The fraction of sp³-hybridized carbons (Fsp3) is 0.625. The molecule has 3 N–H and O–H groups in total. The lowest BCUT2D eigenvalue weighted by molar-refractivity contribution is -0.404. The Kier molecular flexibility index (Phi) is 12.0. The number of nitro groups is 3. The van der Waals surface area contributed by atoms with E-state index < -0.39 is 37.6 Å². The van der Waals surface area contributed by atoms with Crippen molar-refractivity contribution < 1.29 is 25.0 Å². The number of benzene rings is 1. The summed E-state index contributed by atoms with van der Waals surface area (Å²) in [5.41, 5.74) is -3.00. The minimum atomic E-state index is -1.21. The summed E-state index contributed by atoms with van der Waals surface area (Å²) in [5, 5.41) is 52.0. The van der Waals surface area contributed by atoms with Gasteiger partial charge in [-0.2, -0.15) is 0 Å². The molecule has 0 saturated carbocycles. The van der Waals surface area contributed by atoms with Crippen LogP contribution in [0.5, 0.6) is 5.75 Å². The standard InChI is InChI=1S/C10H23NO.C6H3N3O7/c1-3-5-6-10(4-2)9-11-7-8-12;10-6-4(8(13)14)1-3(7(11)12)2-5(6)9(15)16/h10-12H,3-9H2,1-2H3;1-2,10H. The molecule has 0 aromatic heterocycles. The first-order valence-corrected chi connectivity index (χ1v) is 8.81. The summed E-state index contributed by atoms with van der Waals surface area (Å²) >= 11 is 0. The number of aliphatic hydroxyl groups excluding tert-OH is 1. The second kappa shape index (κ2) is 13.3. The van der Waals surface area contributed by atoms with Crippen molar-refractivity contribution in [3.8, 4) is 5.75 Å².